The molecule has 1 heterocycles. The highest BCUT2D eigenvalue weighted by Gasteiger charge is 2.13. The van der Waals surface area contributed by atoms with Crippen molar-refractivity contribution in [3.8, 4) is 0 Å². The molecule has 0 saturated heterocycles. The van der Waals surface area contributed by atoms with Crippen LogP contribution in [0.2, 0.25) is 0 Å². The lowest BCUT2D eigenvalue weighted by molar-refractivity contribution is 0.0696. The molecule has 0 aliphatic heterocycles. The fraction of sp³-hybridized carbons (Fsp3) is 0.429. The number of aromatic amines is 1. The first-order valence-corrected chi connectivity index (χ1v) is 5.89. The second kappa shape index (κ2) is 3.79. The fourth-order valence-corrected chi connectivity index (χ4v) is 1.55. The van der Waals surface area contributed by atoms with Gasteiger partial charge in [-0.25, -0.2) is 13.2 Å². The minimum Gasteiger partial charge on any atom is -0.478 e. The number of carbonyl (C=O) groups is 1. The minimum atomic E-state index is -3.08. The molecule has 6 nitrogen and oxygen atoms in total. The first kappa shape index (κ1) is 10.7. The number of carboxylic acid groups (broad SMARTS) is 1. The van der Waals surface area contributed by atoms with Gasteiger partial charge in [-0.3, -0.25) is 5.10 Å². The molecule has 0 unspecified atom stereocenters. The number of aromatic carboxylic acids is 1. The highest BCUT2D eigenvalue weighted by atomic mass is 32.2. The van der Waals surface area contributed by atoms with Crippen LogP contribution in [-0.2, 0) is 16.3 Å². The maximum absolute atomic E-state index is 10.8. The van der Waals surface area contributed by atoms with Crippen LogP contribution in [-0.4, -0.2) is 41.7 Å². The molecule has 0 amide bonds. The van der Waals surface area contributed by atoms with Crippen molar-refractivity contribution < 1.29 is 18.3 Å². The SMILES string of the molecule is CS(=O)(=O)CCc1[nH]ncc1C(=O)O. The zero-order valence-corrected chi connectivity index (χ0v) is 8.34. The van der Waals surface area contributed by atoms with Gasteiger partial charge in [0.1, 0.15) is 15.4 Å². The number of nitrogens with zero attached hydrogens (tertiary/aromatic N) is 1. The maximum atomic E-state index is 10.8. The van der Waals surface area contributed by atoms with Crippen molar-refractivity contribution in [3.63, 3.8) is 0 Å². The van der Waals surface area contributed by atoms with E-state index in [1.807, 2.05) is 0 Å². The first-order valence-electron chi connectivity index (χ1n) is 3.83. The Kier molecular flexibility index (Phi) is 2.90. The molecule has 0 aliphatic rings. The molecular formula is C7H10N2O4S. The number of nitrogens with one attached hydrogen (secondary N) is 1. The van der Waals surface area contributed by atoms with Crippen LogP contribution in [0, 0.1) is 0 Å². The van der Waals surface area contributed by atoms with E-state index in [1.165, 1.54) is 6.20 Å². The third kappa shape index (κ3) is 2.84. The van der Waals surface area contributed by atoms with Gasteiger partial charge in [-0.2, -0.15) is 5.10 Å². The molecule has 2 N–H and O–H groups in total. The Morgan fingerprint density at radius 3 is 2.79 bits per heavy atom. The lowest BCUT2D eigenvalue weighted by Crippen LogP contribution is -2.09. The van der Waals surface area contributed by atoms with E-state index in [9.17, 15) is 13.2 Å². The highest BCUT2D eigenvalue weighted by Crippen LogP contribution is 2.06. The number of hydrogen-bond donors (Lipinski definition) is 2. The number of carboxylic acids is 1. The van der Waals surface area contributed by atoms with Crippen molar-refractivity contribution in [1.82, 2.24) is 10.2 Å². The van der Waals surface area contributed by atoms with E-state index in [2.05, 4.69) is 10.2 Å². The van der Waals surface area contributed by atoms with E-state index in [0.717, 1.165) is 6.26 Å². The Hall–Kier alpha value is -1.37. The van der Waals surface area contributed by atoms with E-state index in [0.29, 0.717) is 5.69 Å². The van der Waals surface area contributed by atoms with Crippen LogP contribution in [0.3, 0.4) is 0 Å². The lowest BCUT2D eigenvalue weighted by atomic mass is 10.2. The summed E-state index contributed by atoms with van der Waals surface area (Å²) in [6, 6.07) is 0. The molecule has 0 atom stereocenters. The van der Waals surface area contributed by atoms with E-state index in [-0.39, 0.29) is 17.7 Å². The maximum Gasteiger partial charge on any atom is 0.339 e. The van der Waals surface area contributed by atoms with Crippen molar-refractivity contribution in [1.29, 1.82) is 0 Å². The normalized spacial score (nSPS) is 11.5. The van der Waals surface area contributed by atoms with Gasteiger partial charge < -0.3 is 5.11 Å². The summed E-state index contributed by atoms with van der Waals surface area (Å²) in [6.45, 7) is 0. The number of sulfone groups is 1. The van der Waals surface area contributed by atoms with Gasteiger partial charge in [0.05, 0.1) is 17.6 Å². The van der Waals surface area contributed by atoms with Gasteiger partial charge in [0.15, 0.2) is 0 Å². The average Bonchev–Trinajstić information content (AvgIpc) is 2.46. The number of H-pyrrole nitrogens is 1. The molecule has 0 saturated carbocycles. The Morgan fingerprint density at radius 2 is 2.29 bits per heavy atom. The Balaban J connectivity index is 2.77. The summed E-state index contributed by atoms with van der Waals surface area (Å²) in [6.07, 6.45) is 2.41. The summed E-state index contributed by atoms with van der Waals surface area (Å²) in [5.41, 5.74) is 0.358. The molecule has 0 bridgehead atoms. The van der Waals surface area contributed by atoms with E-state index in [4.69, 9.17) is 5.11 Å². The van der Waals surface area contributed by atoms with Crippen LogP contribution in [0.5, 0.6) is 0 Å². The van der Waals surface area contributed by atoms with Gasteiger partial charge in [0.2, 0.25) is 0 Å². The molecule has 0 aliphatic carbocycles. The molecule has 0 aromatic carbocycles. The Bertz CT molecular complexity index is 434. The van der Waals surface area contributed by atoms with E-state index < -0.39 is 15.8 Å². The Morgan fingerprint density at radius 1 is 1.64 bits per heavy atom. The molecule has 0 fully saturated rings. The molecule has 0 radical (unpaired) electrons. The molecule has 0 spiro atoms. The predicted molar refractivity (Wildman–Crippen MR) is 49.0 cm³/mol. The third-order valence-corrected chi connectivity index (χ3v) is 2.62. The summed E-state index contributed by atoms with van der Waals surface area (Å²) in [5.74, 6) is -1.20. The summed E-state index contributed by atoms with van der Waals surface area (Å²) in [7, 11) is -3.08. The van der Waals surface area contributed by atoms with Gasteiger partial charge in [0.25, 0.3) is 0 Å². The topological polar surface area (TPSA) is 100 Å². The fourth-order valence-electron chi connectivity index (χ4n) is 0.975. The van der Waals surface area contributed by atoms with Gasteiger partial charge in [0, 0.05) is 12.7 Å². The molecule has 1 aromatic rings. The van der Waals surface area contributed by atoms with Crippen molar-refractivity contribution in [2.24, 2.45) is 0 Å². The second-order valence-electron chi connectivity index (χ2n) is 2.95. The first-order chi connectivity index (χ1) is 6.40. The number of aromatic nitrogens is 2. The minimum absolute atomic E-state index is 0.0219. The zero-order valence-electron chi connectivity index (χ0n) is 7.52. The number of aryl methyl sites for hydroxylation is 1. The lowest BCUT2D eigenvalue weighted by Gasteiger charge is -1.97. The van der Waals surface area contributed by atoms with Gasteiger partial charge in [-0.1, -0.05) is 0 Å². The molecule has 1 aromatic heterocycles. The van der Waals surface area contributed by atoms with Gasteiger partial charge in [-0.05, 0) is 0 Å². The van der Waals surface area contributed by atoms with Crippen LogP contribution >= 0.6 is 0 Å². The largest absolute Gasteiger partial charge is 0.478 e. The van der Waals surface area contributed by atoms with Crippen LogP contribution in [0.1, 0.15) is 16.1 Å². The monoisotopic (exact) mass is 218 g/mol. The van der Waals surface area contributed by atoms with Crippen molar-refractivity contribution in [2.75, 3.05) is 12.0 Å². The molecule has 1 rings (SSSR count). The molecule has 7 heteroatoms. The predicted octanol–water partition coefficient (Wildman–Crippen LogP) is -0.305. The summed E-state index contributed by atoms with van der Waals surface area (Å²) >= 11 is 0. The third-order valence-electron chi connectivity index (χ3n) is 1.67. The summed E-state index contributed by atoms with van der Waals surface area (Å²) in [5, 5.41) is 14.7. The van der Waals surface area contributed by atoms with Crippen LogP contribution < -0.4 is 0 Å². The van der Waals surface area contributed by atoms with Crippen LogP contribution in [0.25, 0.3) is 0 Å². The standard InChI is InChI=1S/C7H10N2O4S/c1-14(12,13)3-2-6-5(7(10)11)4-8-9-6/h4H,2-3H2,1H3,(H,8,9)(H,10,11). The van der Waals surface area contributed by atoms with Crippen LogP contribution in [0.15, 0.2) is 6.20 Å². The molecule has 78 valence electrons. The van der Waals surface area contributed by atoms with Crippen LogP contribution in [0.4, 0.5) is 0 Å². The summed E-state index contributed by atoms with van der Waals surface area (Å²) in [4.78, 5) is 10.6. The zero-order chi connectivity index (χ0) is 10.8. The highest BCUT2D eigenvalue weighted by molar-refractivity contribution is 7.90. The smallest absolute Gasteiger partial charge is 0.339 e. The van der Waals surface area contributed by atoms with Crippen molar-refractivity contribution >= 4 is 15.8 Å². The molecule has 14 heavy (non-hydrogen) atoms. The quantitative estimate of drug-likeness (QED) is 0.722. The average molecular weight is 218 g/mol. The number of rotatable bonds is 4. The number of hydrogen-bond acceptors (Lipinski definition) is 4. The molecular weight excluding hydrogens is 208 g/mol. The van der Waals surface area contributed by atoms with E-state index in [1.54, 1.807) is 0 Å². The summed E-state index contributed by atoms with van der Waals surface area (Å²) < 4.78 is 21.7. The second-order valence-corrected chi connectivity index (χ2v) is 5.21. The van der Waals surface area contributed by atoms with E-state index >= 15 is 0 Å². The van der Waals surface area contributed by atoms with Gasteiger partial charge >= 0.3 is 5.97 Å². The Labute approximate surface area is 80.9 Å². The van der Waals surface area contributed by atoms with Gasteiger partial charge in [-0.15, -0.1) is 0 Å². The van der Waals surface area contributed by atoms with Crippen molar-refractivity contribution in [3.05, 3.63) is 17.5 Å². The van der Waals surface area contributed by atoms with Crippen molar-refractivity contribution in [2.45, 2.75) is 6.42 Å².